The molecule has 5 nitrogen and oxygen atoms in total. The fourth-order valence-corrected chi connectivity index (χ4v) is 1.43. The van der Waals surface area contributed by atoms with E-state index in [9.17, 15) is 0 Å². The summed E-state index contributed by atoms with van der Waals surface area (Å²) in [6, 6.07) is 0.0110. The average Bonchev–Trinajstić information content (AvgIpc) is 2.19. The molecule has 84 valence electrons. The lowest BCUT2D eigenvalue weighted by molar-refractivity contribution is 0.173. The Bertz CT molecular complexity index is 173. The minimum absolute atomic E-state index is 0.0110. The molecule has 0 aliphatic carbocycles. The summed E-state index contributed by atoms with van der Waals surface area (Å²) >= 11 is 0. The molecule has 0 saturated carbocycles. The van der Waals surface area contributed by atoms with E-state index < -0.39 is 0 Å². The van der Waals surface area contributed by atoms with Crippen LogP contribution < -0.4 is 5.73 Å². The van der Waals surface area contributed by atoms with E-state index in [1.807, 2.05) is 14.0 Å². The fraction of sp³-hybridized carbons (Fsp3) is 0.889. The summed E-state index contributed by atoms with van der Waals surface area (Å²) in [7, 11) is 3.64. The van der Waals surface area contributed by atoms with Gasteiger partial charge in [-0.1, -0.05) is 12.1 Å². The van der Waals surface area contributed by atoms with Crippen molar-refractivity contribution in [3.63, 3.8) is 0 Å². The van der Waals surface area contributed by atoms with Gasteiger partial charge in [-0.15, -0.1) is 0 Å². The van der Waals surface area contributed by atoms with E-state index in [2.05, 4.69) is 10.1 Å². The summed E-state index contributed by atoms with van der Waals surface area (Å²) in [5.41, 5.74) is 5.56. The summed E-state index contributed by atoms with van der Waals surface area (Å²) in [6.45, 7) is 3.62. The van der Waals surface area contributed by atoms with Gasteiger partial charge in [-0.25, -0.2) is 0 Å². The Morgan fingerprint density at radius 3 is 2.71 bits per heavy atom. The lowest BCUT2D eigenvalue weighted by atomic mass is 10.2. The van der Waals surface area contributed by atoms with Gasteiger partial charge in [0.15, 0.2) is 5.84 Å². The number of nitrogens with two attached hydrogens (primary N) is 1. The number of nitrogens with zero attached hydrogens (tertiary/aromatic N) is 2. The molecule has 5 heteroatoms. The van der Waals surface area contributed by atoms with Crippen LogP contribution in [0.5, 0.6) is 0 Å². The first-order valence-electron chi connectivity index (χ1n) is 4.83. The Hall–Kier alpha value is -0.810. The highest BCUT2D eigenvalue weighted by Crippen LogP contribution is 2.02. The van der Waals surface area contributed by atoms with Gasteiger partial charge in [-0.2, -0.15) is 0 Å². The number of likely N-dealkylation sites (N-methyl/N-ethyl adjacent to an activating group) is 1. The Balaban J connectivity index is 3.98. The van der Waals surface area contributed by atoms with E-state index in [1.54, 1.807) is 7.11 Å². The van der Waals surface area contributed by atoms with Gasteiger partial charge in [-0.05, 0) is 19.9 Å². The van der Waals surface area contributed by atoms with Crippen molar-refractivity contribution < 1.29 is 9.94 Å². The number of rotatable bonds is 7. The first-order chi connectivity index (χ1) is 6.67. The molecule has 0 aliphatic heterocycles. The Morgan fingerprint density at radius 1 is 1.64 bits per heavy atom. The zero-order valence-electron chi connectivity index (χ0n) is 9.23. The van der Waals surface area contributed by atoms with Gasteiger partial charge < -0.3 is 15.7 Å². The maximum Gasteiger partial charge on any atom is 0.156 e. The molecule has 0 heterocycles. The zero-order valence-corrected chi connectivity index (χ0v) is 9.23. The molecule has 3 N–H and O–H groups in total. The van der Waals surface area contributed by atoms with Crippen LogP contribution >= 0.6 is 0 Å². The third-order valence-corrected chi connectivity index (χ3v) is 2.23. The van der Waals surface area contributed by atoms with E-state index in [0.717, 1.165) is 26.0 Å². The van der Waals surface area contributed by atoms with Crippen molar-refractivity contribution in [3.8, 4) is 0 Å². The van der Waals surface area contributed by atoms with Gasteiger partial charge in [0.1, 0.15) is 0 Å². The molecule has 0 saturated heterocycles. The molecule has 0 spiro atoms. The minimum atomic E-state index is 0.0110. The minimum Gasteiger partial charge on any atom is -0.409 e. The molecule has 0 rings (SSSR count). The number of oxime groups is 1. The number of hydrogen-bond donors (Lipinski definition) is 2. The third kappa shape index (κ3) is 4.43. The fourth-order valence-electron chi connectivity index (χ4n) is 1.43. The van der Waals surface area contributed by atoms with Gasteiger partial charge in [0.05, 0.1) is 6.04 Å². The van der Waals surface area contributed by atoms with Gasteiger partial charge in [0.25, 0.3) is 0 Å². The smallest absolute Gasteiger partial charge is 0.156 e. The highest BCUT2D eigenvalue weighted by molar-refractivity contribution is 5.85. The molecule has 0 amide bonds. The van der Waals surface area contributed by atoms with Crippen LogP contribution in [0.1, 0.15) is 19.8 Å². The first-order valence-corrected chi connectivity index (χ1v) is 4.83. The molecule has 0 aromatic heterocycles. The lowest BCUT2D eigenvalue weighted by Gasteiger charge is -2.25. The predicted molar refractivity (Wildman–Crippen MR) is 56.6 cm³/mol. The molecule has 0 fully saturated rings. The highest BCUT2D eigenvalue weighted by atomic mass is 16.5. The molecule has 0 bridgehead atoms. The molecule has 14 heavy (non-hydrogen) atoms. The quantitative estimate of drug-likeness (QED) is 0.207. The van der Waals surface area contributed by atoms with Crippen LogP contribution in [0.25, 0.3) is 0 Å². The second-order valence-corrected chi connectivity index (χ2v) is 3.28. The summed E-state index contributed by atoms with van der Waals surface area (Å²) < 4.78 is 4.95. The van der Waals surface area contributed by atoms with E-state index >= 15 is 0 Å². The molecular formula is C9H21N3O2. The topological polar surface area (TPSA) is 71.1 Å². The second kappa shape index (κ2) is 7.58. The highest BCUT2D eigenvalue weighted by Gasteiger charge is 2.16. The Labute approximate surface area is 85.5 Å². The van der Waals surface area contributed by atoms with Crippen molar-refractivity contribution in [3.05, 3.63) is 0 Å². The van der Waals surface area contributed by atoms with Crippen LogP contribution in [-0.4, -0.2) is 49.3 Å². The molecule has 0 aromatic carbocycles. The molecule has 1 unspecified atom stereocenters. The van der Waals surface area contributed by atoms with Crippen molar-refractivity contribution in [2.24, 2.45) is 10.9 Å². The largest absolute Gasteiger partial charge is 0.409 e. The maximum absolute atomic E-state index is 8.57. The SMILES string of the molecule is CCC(C(N)=NO)N(C)CCCOC. The zero-order chi connectivity index (χ0) is 11.0. The Morgan fingerprint density at radius 2 is 2.29 bits per heavy atom. The van der Waals surface area contributed by atoms with Crippen LogP contribution in [0, 0.1) is 0 Å². The summed E-state index contributed by atoms with van der Waals surface area (Å²) in [6.07, 6.45) is 1.78. The van der Waals surface area contributed by atoms with E-state index in [-0.39, 0.29) is 11.9 Å². The predicted octanol–water partition coefficient (Wildman–Crippen LogP) is 0.480. The van der Waals surface area contributed by atoms with E-state index in [1.165, 1.54) is 0 Å². The molecular weight excluding hydrogens is 182 g/mol. The average molecular weight is 203 g/mol. The molecule has 0 radical (unpaired) electrons. The molecule has 0 aromatic rings. The number of hydrogen-bond acceptors (Lipinski definition) is 4. The first kappa shape index (κ1) is 13.2. The van der Waals surface area contributed by atoms with Gasteiger partial charge >= 0.3 is 0 Å². The summed E-state index contributed by atoms with van der Waals surface area (Å²) in [5.74, 6) is 0.271. The van der Waals surface area contributed by atoms with Crippen LogP contribution in [0.4, 0.5) is 0 Å². The lowest BCUT2D eigenvalue weighted by Crippen LogP contribution is -2.42. The van der Waals surface area contributed by atoms with E-state index in [4.69, 9.17) is 15.7 Å². The number of amidine groups is 1. The van der Waals surface area contributed by atoms with Crippen LogP contribution in [0.3, 0.4) is 0 Å². The Kier molecular flexibility index (Phi) is 7.14. The summed E-state index contributed by atoms with van der Waals surface area (Å²) in [4.78, 5) is 2.06. The summed E-state index contributed by atoms with van der Waals surface area (Å²) in [5, 5.41) is 11.6. The normalized spacial score (nSPS) is 14.7. The number of ether oxygens (including phenoxy) is 1. The van der Waals surface area contributed by atoms with Crippen LogP contribution in [-0.2, 0) is 4.74 Å². The van der Waals surface area contributed by atoms with Crippen molar-refractivity contribution in [2.75, 3.05) is 27.3 Å². The maximum atomic E-state index is 8.57. The van der Waals surface area contributed by atoms with Gasteiger partial charge in [0.2, 0.25) is 0 Å². The van der Waals surface area contributed by atoms with E-state index in [0.29, 0.717) is 0 Å². The number of methoxy groups -OCH3 is 1. The molecule has 0 aliphatic rings. The molecule has 1 atom stereocenters. The van der Waals surface area contributed by atoms with Crippen molar-refractivity contribution in [1.82, 2.24) is 4.90 Å². The third-order valence-electron chi connectivity index (χ3n) is 2.23. The van der Waals surface area contributed by atoms with Crippen molar-refractivity contribution >= 4 is 5.84 Å². The standard InChI is InChI=1S/C9H21N3O2/c1-4-8(9(10)11-13)12(2)6-5-7-14-3/h8,13H,4-7H2,1-3H3,(H2,10,11). The van der Waals surface area contributed by atoms with Crippen molar-refractivity contribution in [1.29, 1.82) is 0 Å². The van der Waals surface area contributed by atoms with Crippen molar-refractivity contribution in [2.45, 2.75) is 25.8 Å². The van der Waals surface area contributed by atoms with Crippen LogP contribution in [0.2, 0.25) is 0 Å². The van der Waals surface area contributed by atoms with Gasteiger partial charge in [-0.3, -0.25) is 4.90 Å². The second-order valence-electron chi connectivity index (χ2n) is 3.28. The monoisotopic (exact) mass is 203 g/mol. The van der Waals surface area contributed by atoms with Crippen LogP contribution in [0.15, 0.2) is 5.16 Å². The van der Waals surface area contributed by atoms with Gasteiger partial charge in [0, 0.05) is 20.3 Å².